The quantitative estimate of drug-likeness (QED) is 0.462. The van der Waals surface area contributed by atoms with Gasteiger partial charge in [0.1, 0.15) is 0 Å². The van der Waals surface area contributed by atoms with Crippen molar-refractivity contribution in [1.29, 1.82) is 5.41 Å². The van der Waals surface area contributed by atoms with Crippen LogP contribution in [0.3, 0.4) is 0 Å². The third-order valence-electron chi connectivity index (χ3n) is 1.66. The Labute approximate surface area is 88.8 Å². The minimum absolute atomic E-state index is 0.611. The fourth-order valence-electron chi connectivity index (χ4n) is 1.05. The van der Waals surface area contributed by atoms with Crippen LogP contribution in [0, 0.1) is 11.3 Å². The predicted molar refractivity (Wildman–Crippen MR) is 62.7 cm³/mol. The second kappa shape index (κ2) is 5.56. The molecule has 2 nitrogen and oxygen atoms in total. The van der Waals surface area contributed by atoms with E-state index in [0.717, 1.165) is 17.7 Å². The molecule has 3 heteroatoms. The minimum atomic E-state index is 0.611. The van der Waals surface area contributed by atoms with Gasteiger partial charge in [-0.05, 0) is 31.8 Å². The molecule has 0 aliphatic rings. The van der Waals surface area contributed by atoms with E-state index in [1.807, 2.05) is 13.8 Å². The highest BCUT2D eigenvalue weighted by molar-refractivity contribution is 14.1. The van der Waals surface area contributed by atoms with E-state index in [1.54, 1.807) is 0 Å². The Hall–Kier alpha value is -0.0600. The van der Waals surface area contributed by atoms with Gasteiger partial charge in [-0.25, -0.2) is 0 Å². The molecule has 0 atom stereocenters. The maximum atomic E-state index is 7.58. The second-order valence-electron chi connectivity index (χ2n) is 3.42. The monoisotopic (exact) mass is 280 g/mol. The van der Waals surface area contributed by atoms with Crippen LogP contribution in [0.15, 0.2) is 11.3 Å². The summed E-state index contributed by atoms with van der Waals surface area (Å²) in [4.78, 5) is 0. The number of hydrogen-bond donors (Lipinski definition) is 2. The predicted octanol–water partition coefficient (Wildman–Crippen LogP) is 3.29. The zero-order chi connectivity index (χ0) is 9.72. The minimum Gasteiger partial charge on any atom is -0.332 e. The van der Waals surface area contributed by atoms with E-state index in [-0.39, 0.29) is 0 Å². The van der Waals surface area contributed by atoms with Gasteiger partial charge in [0.15, 0.2) is 0 Å². The first-order valence-electron chi connectivity index (χ1n) is 4.11. The number of nitrogens with one attached hydrogen (secondary N) is 2. The van der Waals surface area contributed by atoms with Crippen LogP contribution in [0.1, 0.15) is 34.1 Å². The van der Waals surface area contributed by atoms with Gasteiger partial charge in [0, 0.05) is 11.4 Å². The Balaban J connectivity index is 4.55. The highest BCUT2D eigenvalue weighted by Gasteiger charge is 2.06. The molecule has 0 bridgehead atoms. The van der Waals surface area contributed by atoms with E-state index in [2.05, 4.69) is 40.2 Å². The van der Waals surface area contributed by atoms with Crippen LogP contribution in [-0.4, -0.2) is 5.71 Å². The molecule has 0 amide bonds. The average Bonchev–Trinajstić information content (AvgIpc) is 1.98. The molecule has 0 saturated carbocycles. The van der Waals surface area contributed by atoms with Gasteiger partial charge in [0.05, 0.1) is 22.9 Å². The van der Waals surface area contributed by atoms with Crippen LogP contribution in [0.2, 0.25) is 0 Å². The van der Waals surface area contributed by atoms with Crippen LogP contribution in [0.25, 0.3) is 0 Å². The Morgan fingerprint density at radius 1 is 1.42 bits per heavy atom. The van der Waals surface area contributed by atoms with Crippen LogP contribution >= 0.6 is 22.9 Å². The highest BCUT2D eigenvalue weighted by atomic mass is 127. The lowest BCUT2D eigenvalue weighted by Crippen LogP contribution is -2.08. The fraction of sp³-hybridized carbons (Fsp3) is 0.667. The maximum absolute atomic E-state index is 7.58. The third-order valence-corrected chi connectivity index (χ3v) is 2.47. The zero-order valence-electron chi connectivity index (χ0n) is 8.16. The number of hydrogen-bond acceptors (Lipinski definition) is 2. The Bertz CT molecular complexity index is 195. The summed E-state index contributed by atoms with van der Waals surface area (Å²) in [6.07, 6.45) is 0.983. The van der Waals surface area contributed by atoms with Crippen molar-refractivity contribution in [2.75, 3.05) is 0 Å². The molecule has 0 aromatic rings. The van der Waals surface area contributed by atoms with Crippen molar-refractivity contribution in [2.45, 2.75) is 34.1 Å². The third kappa shape index (κ3) is 4.09. The van der Waals surface area contributed by atoms with Gasteiger partial charge >= 0.3 is 0 Å². The molecule has 0 aliphatic heterocycles. The molecular weight excluding hydrogens is 263 g/mol. The maximum Gasteiger partial charge on any atom is 0.0557 e. The smallest absolute Gasteiger partial charge is 0.0557 e. The molecule has 0 spiro atoms. The van der Waals surface area contributed by atoms with E-state index in [9.17, 15) is 0 Å². The van der Waals surface area contributed by atoms with Crippen LogP contribution in [0.5, 0.6) is 0 Å². The van der Waals surface area contributed by atoms with Crippen LogP contribution in [-0.2, 0) is 0 Å². The normalized spacial score (nSPS) is 12.8. The van der Waals surface area contributed by atoms with Crippen molar-refractivity contribution in [3.05, 3.63) is 11.3 Å². The lowest BCUT2D eigenvalue weighted by atomic mass is 9.98. The van der Waals surface area contributed by atoms with E-state index < -0.39 is 0 Å². The van der Waals surface area contributed by atoms with E-state index >= 15 is 0 Å². The van der Waals surface area contributed by atoms with Crippen LogP contribution in [0.4, 0.5) is 0 Å². The Morgan fingerprint density at radius 3 is 2.17 bits per heavy atom. The van der Waals surface area contributed by atoms with E-state index in [4.69, 9.17) is 5.41 Å². The summed E-state index contributed by atoms with van der Waals surface area (Å²) in [5, 5.41) is 7.58. The lowest BCUT2D eigenvalue weighted by molar-refractivity contribution is 0.649. The summed E-state index contributed by atoms with van der Waals surface area (Å²) in [6.45, 7) is 8.20. The largest absolute Gasteiger partial charge is 0.332 e. The average molecular weight is 280 g/mol. The Morgan fingerprint density at radius 2 is 1.92 bits per heavy atom. The van der Waals surface area contributed by atoms with Crippen molar-refractivity contribution in [1.82, 2.24) is 3.53 Å². The summed E-state index contributed by atoms with van der Waals surface area (Å²) in [5.74, 6) is 0.611. The molecule has 0 heterocycles. The van der Waals surface area contributed by atoms with Crippen molar-refractivity contribution in [3.8, 4) is 0 Å². The van der Waals surface area contributed by atoms with Gasteiger partial charge in [0.2, 0.25) is 0 Å². The topological polar surface area (TPSA) is 35.9 Å². The summed E-state index contributed by atoms with van der Waals surface area (Å²) in [5.41, 5.74) is 2.92. The van der Waals surface area contributed by atoms with Gasteiger partial charge in [-0.1, -0.05) is 13.8 Å². The molecule has 0 aromatic carbocycles. The number of halogens is 1. The van der Waals surface area contributed by atoms with E-state index in [1.165, 1.54) is 0 Å². The lowest BCUT2D eigenvalue weighted by Gasteiger charge is -2.12. The standard InChI is InChI=1S/C9H17IN2/c1-6(2)5-9(7(3)11)8(4)12-10/h6,11-12H,5H2,1-4H3/b9-8-,11-7?. The SMILES string of the molecule is CC(=N)/C(CC(C)C)=C(/C)NI. The van der Waals surface area contributed by atoms with Crippen molar-refractivity contribution < 1.29 is 0 Å². The van der Waals surface area contributed by atoms with Crippen molar-refractivity contribution in [2.24, 2.45) is 5.92 Å². The van der Waals surface area contributed by atoms with Crippen molar-refractivity contribution >= 4 is 28.6 Å². The number of allylic oxidation sites excluding steroid dienone is 2. The molecule has 0 radical (unpaired) electrons. The van der Waals surface area contributed by atoms with Gasteiger partial charge in [-0.15, -0.1) is 0 Å². The van der Waals surface area contributed by atoms with Crippen molar-refractivity contribution in [3.63, 3.8) is 0 Å². The second-order valence-corrected chi connectivity index (χ2v) is 3.96. The van der Waals surface area contributed by atoms with E-state index in [0.29, 0.717) is 11.6 Å². The molecule has 2 N–H and O–H groups in total. The van der Waals surface area contributed by atoms with Crippen LogP contribution < -0.4 is 3.53 Å². The molecule has 70 valence electrons. The highest BCUT2D eigenvalue weighted by Crippen LogP contribution is 2.15. The fourth-order valence-corrected chi connectivity index (χ4v) is 1.38. The summed E-state index contributed by atoms with van der Waals surface area (Å²) in [7, 11) is 0. The number of rotatable bonds is 4. The molecule has 12 heavy (non-hydrogen) atoms. The van der Waals surface area contributed by atoms with Gasteiger partial charge in [0.25, 0.3) is 0 Å². The first-order chi connectivity index (χ1) is 5.49. The first-order valence-corrected chi connectivity index (χ1v) is 5.18. The Kier molecular flexibility index (Phi) is 5.53. The first kappa shape index (κ1) is 11.9. The molecule has 0 aromatic heterocycles. The summed E-state index contributed by atoms with van der Waals surface area (Å²) >= 11 is 2.10. The molecular formula is C9H17IN2. The summed E-state index contributed by atoms with van der Waals surface area (Å²) in [6, 6.07) is 0. The van der Waals surface area contributed by atoms with Gasteiger partial charge in [-0.2, -0.15) is 0 Å². The molecule has 0 unspecified atom stereocenters. The van der Waals surface area contributed by atoms with Gasteiger partial charge < -0.3 is 8.94 Å². The molecule has 0 fully saturated rings. The zero-order valence-corrected chi connectivity index (χ0v) is 10.3. The molecule has 0 rings (SSSR count). The summed E-state index contributed by atoms with van der Waals surface area (Å²) < 4.78 is 3.06. The van der Waals surface area contributed by atoms with Gasteiger partial charge in [-0.3, -0.25) is 0 Å². The molecule has 0 aliphatic carbocycles. The molecule has 0 saturated heterocycles.